The quantitative estimate of drug-likeness (QED) is 0.718. The summed E-state index contributed by atoms with van der Waals surface area (Å²) in [5, 5.41) is 9.12. The number of halogens is 1. The Morgan fingerprint density at radius 3 is 2.85 bits per heavy atom. The smallest absolute Gasteiger partial charge is 0.223 e. The second-order valence-electron chi connectivity index (χ2n) is 6.83. The molecule has 0 aliphatic heterocycles. The number of para-hydroxylation sites is 1. The van der Waals surface area contributed by atoms with E-state index in [4.69, 9.17) is 16.7 Å². The Morgan fingerprint density at radius 2 is 2.12 bits per heavy atom. The number of thiazole rings is 1. The van der Waals surface area contributed by atoms with E-state index in [2.05, 4.69) is 10.3 Å². The third kappa shape index (κ3) is 2.56. The number of aromatic nitrogens is 3. The molecule has 0 unspecified atom stereocenters. The number of fused-ring (bicyclic) bond motifs is 3. The normalized spacial score (nSPS) is 15.5. The highest BCUT2D eigenvalue weighted by atomic mass is 35.5. The van der Waals surface area contributed by atoms with Gasteiger partial charge in [0.15, 0.2) is 5.13 Å². The van der Waals surface area contributed by atoms with Gasteiger partial charge in [0.1, 0.15) is 0 Å². The molecule has 3 aromatic rings. The first-order valence-electron chi connectivity index (χ1n) is 8.76. The van der Waals surface area contributed by atoms with Gasteiger partial charge >= 0.3 is 0 Å². The molecule has 1 fully saturated rings. The van der Waals surface area contributed by atoms with Gasteiger partial charge in [0, 0.05) is 18.4 Å². The van der Waals surface area contributed by atoms with Crippen LogP contribution in [0.2, 0.25) is 5.02 Å². The van der Waals surface area contributed by atoms with Crippen molar-refractivity contribution in [2.24, 2.45) is 0 Å². The van der Waals surface area contributed by atoms with Gasteiger partial charge in [-0.3, -0.25) is 4.79 Å². The van der Waals surface area contributed by atoms with E-state index in [1.54, 1.807) is 0 Å². The summed E-state index contributed by atoms with van der Waals surface area (Å²) < 4.78 is 1.99. The summed E-state index contributed by atoms with van der Waals surface area (Å²) in [6.45, 7) is 1.50. The molecule has 0 saturated heterocycles. The summed E-state index contributed by atoms with van der Waals surface area (Å²) in [4.78, 5) is 17.1. The first kappa shape index (κ1) is 16.0. The van der Waals surface area contributed by atoms with Gasteiger partial charge in [0.05, 0.1) is 32.7 Å². The molecule has 1 N–H and O–H groups in total. The summed E-state index contributed by atoms with van der Waals surface area (Å²) in [7, 11) is 0. The molecule has 5 rings (SSSR count). The lowest BCUT2D eigenvalue weighted by atomic mass is 9.96. The van der Waals surface area contributed by atoms with Crippen molar-refractivity contribution in [1.29, 1.82) is 0 Å². The van der Waals surface area contributed by atoms with Gasteiger partial charge in [-0.25, -0.2) is 9.67 Å². The van der Waals surface area contributed by atoms with Crippen LogP contribution in [-0.4, -0.2) is 20.7 Å². The molecule has 2 aliphatic carbocycles. The maximum absolute atomic E-state index is 11.4. The molecule has 1 amide bonds. The fourth-order valence-electron chi connectivity index (χ4n) is 3.58. The minimum atomic E-state index is -0.102. The molecular formula is C19H17ClN4OS. The fourth-order valence-corrected chi connectivity index (χ4v) is 4.91. The summed E-state index contributed by atoms with van der Waals surface area (Å²) >= 11 is 8.00. The summed E-state index contributed by atoms with van der Waals surface area (Å²) in [5.41, 5.74) is 5.54. The van der Waals surface area contributed by atoms with Gasteiger partial charge in [-0.2, -0.15) is 5.10 Å². The van der Waals surface area contributed by atoms with E-state index >= 15 is 0 Å². The molecule has 2 aliphatic rings. The Morgan fingerprint density at radius 1 is 1.31 bits per heavy atom. The van der Waals surface area contributed by atoms with Gasteiger partial charge in [-0.15, -0.1) is 0 Å². The lowest BCUT2D eigenvalue weighted by Crippen LogP contribution is -2.07. The standard InChI is InChI=1S/C19H17ClN4OS/c1-10(25)21-19-22-14-9-8-12-16(11-6-7-11)23-24(17(12)18(14)26-19)15-5-3-2-4-13(15)20/h2-5,11H,6-9H2,1H3,(H,21,22,25). The van der Waals surface area contributed by atoms with Crippen LogP contribution in [-0.2, 0) is 17.6 Å². The molecule has 0 spiro atoms. The zero-order chi connectivity index (χ0) is 17.8. The maximum atomic E-state index is 11.4. The summed E-state index contributed by atoms with van der Waals surface area (Å²) in [5.74, 6) is 0.464. The van der Waals surface area contributed by atoms with Gasteiger partial charge in [-0.05, 0) is 37.8 Å². The number of nitrogens with zero attached hydrogens (tertiary/aromatic N) is 3. The number of anilines is 1. The number of benzene rings is 1. The maximum Gasteiger partial charge on any atom is 0.223 e. The molecule has 0 atom stereocenters. The Hall–Kier alpha value is -2.18. The largest absolute Gasteiger partial charge is 0.302 e. The van der Waals surface area contributed by atoms with E-state index in [9.17, 15) is 4.79 Å². The first-order chi connectivity index (χ1) is 12.6. The third-order valence-corrected chi connectivity index (χ3v) is 6.21. The van der Waals surface area contributed by atoms with Gasteiger partial charge in [0.2, 0.25) is 5.91 Å². The Bertz CT molecular complexity index is 1030. The minimum absolute atomic E-state index is 0.102. The number of carbonyl (C=O) groups excluding carboxylic acids is 1. The van der Waals surface area contributed by atoms with E-state index in [0.29, 0.717) is 16.1 Å². The molecule has 0 radical (unpaired) electrons. The average Bonchev–Trinajstić information content (AvgIpc) is 3.25. The molecular weight excluding hydrogens is 368 g/mol. The molecule has 1 saturated carbocycles. The van der Waals surface area contributed by atoms with Crippen molar-refractivity contribution in [1.82, 2.24) is 14.8 Å². The monoisotopic (exact) mass is 384 g/mol. The van der Waals surface area contributed by atoms with Crippen molar-refractivity contribution in [3.63, 3.8) is 0 Å². The average molecular weight is 385 g/mol. The van der Waals surface area contributed by atoms with Crippen LogP contribution in [0, 0.1) is 0 Å². The molecule has 0 bridgehead atoms. The second-order valence-corrected chi connectivity index (χ2v) is 8.23. The first-order valence-corrected chi connectivity index (χ1v) is 9.95. The van der Waals surface area contributed by atoms with Crippen LogP contribution >= 0.6 is 22.9 Å². The zero-order valence-electron chi connectivity index (χ0n) is 14.3. The highest BCUT2D eigenvalue weighted by Gasteiger charge is 2.36. The Kier molecular flexibility index (Phi) is 3.65. The van der Waals surface area contributed by atoms with Crippen molar-refractivity contribution < 1.29 is 4.79 Å². The SMILES string of the molecule is CC(=O)Nc1nc2c(s1)-c1c(c(C3CC3)nn1-c1ccccc1Cl)CC2. The van der Waals surface area contributed by atoms with E-state index in [-0.39, 0.29) is 5.91 Å². The van der Waals surface area contributed by atoms with Crippen molar-refractivity contribution >= 4 is 34.0 Å². The Labute approximate surface area is 160 Å². The fraction of sp³-hybridized carbons (Fsp3) is 0.316. The van der Waals surface area contributed by atoms with E-state index in [1.165, 1.54) is 42.4 Å². The summed E-state index contributed by atoms with van der Waals surface area (Å²) in [6, 6.07) is 7.79. The number of aryl methyl sites for hydroxylation is 1. The molecule has 2 heterocycles. The summed E-state index contributed by atoms with van der Waals surface area (Å²) in [6.07, 6.45) is 4.23. The lowest BCUT2D eigenvalue weighted by Gasteiger charge is -2.14. The number of hydrogen-bond acceptors (Lipinski definition) is 4. The lowest BCUT2D eigenvalue weighted by molar-refractivity contribution is -0.114. The van der Waals surface area contributed by atoms with Crippen LogP contribution in [0.1, 0.15) is 42.6 Å². The molecule has 132 valence electrons. The van der Waals surface area contributed by atoms with E-state index in [1.807, 2.05) is 28.9 Å². The van der Waals surface area contributed by atoms with Crippen molar-refractivity contribution in [3.05, 3.63) is 46.2 Å². The zero-order valence-corrected chi connectivity index (χ0v) is 15.8. The van der Waals surface area contributed by atoms with E-state index < -0.39 is 0 Å². The van der Waals surface area contributed by atoms with Crippen LogP contribution in [0.4, 0.5) is 5.13 Å². The van der Waals surface area contributed by atoms with Gasteiger partial charge < -0.3 is 5.32 Å². The number of amides is 1. The highest BCUT2D eigenvalue weighted by Crippen LogP contribution is 2.48. The molecule has 2 aromatic heterocycles. The number of rotatable bonds is 3. The van der Waals surface area contributed by atoms with Crippen molar-refractivity contribution in [3.8, 4) is 16.3 Å². The van der Waals surface area contributed by atoms with Crippen molar-refractivity contribution in [2.45, 2.75) is 38.5 Å². The van der Waals surface area contributed by atoms with Crippen molar-refractivity contribution in [2.75, 3.05) is 5.32 Å². The number of hydrogen-bond donors (Lipinski definition) is 1. The van der Waals surface area contributed by atoms with E-state index in [0.717, 1.165) is 34.8 Å². The van der Waals surface area contributed by atoms with Gasteiger partial charge in [0.25, 0.3) is 0 Å². The van der Waals surface area contributed by atoms with Crippen LogP contribution < -0.4 is 5.32 Å². The van der Waals surface area contributed by atoms with Crippen LogP contribution in [0.5, 0.6) is 0 Å². The van der Waals surface area contributed by atoms with Crippen LogP contribution in [0.3, 0.4) is 0 Å². The predicted molar refractivity (Wildman–Crippen MR) is 103 cm³/mol. The number of nitrogens with one attached hydrogen (secondary N) is 1. The minimum Gasteiger partial charge on any atom is -0.302 e. The third-order valence-electron chi connectivity index (χ3n) is 4.87. The number of carbonyl (C=O) groups is 1. The van der Waals surface area contributed by atoms with Crippen LogP contribution in [0.15, 0.2) is 24.3 Å². The Balaban J connectivity index is 1.72. The molecule has 7 heteroatoms. The van der Waals surface area contributed by atoms with Crippen LogP contribution in [0.25, 0.3) is 16.3 Å². The highest BCUT2D eigenvalue weighted by molar-refractivity contribution is 7.19. The predicted octanol–water partition coefficient (Wildman–Crippen LogP) is 4.58. The molecule has 26 heavy (non-hydrogen) atoms. The topological polar surface area (TPSA) is 59.8 Å². The molecule has 5 nitrogen and oxygen atoms in total. The van der Waals surface area contributed by atoms with Gasteiger partial charge in [-0.1, -0.05) is 35.1 Å². The second kappa shape index (κ2) is 5.93. The molecule has 1 aromatic carbocycles.